The Morgan fingerprint density at radius 3 is 2.67 bits per heavy atom. The Morgan fingerprint density at radius 2 is 1.93 bits per heavy atom. The summed E-state index contributed by atoms with van der Waals surface area (Å²) in [6.07, 6.45) is 6.95. The van der Waals surface area contributed by atoms with E-state index in [1.807, 2.05) is 36.5 Å². The summed E-state index contributed by atoms with van der Waals surface area (Å²) in [7, 11) is 1.63. The van der Waals surface area contributed by atoms with E-state index in [9.17, 15) is 0 Å². The molecule has 1 aromatic carbocycles. The summed E-state index contributed by atoms with van der Waals surface area (Å²) in [5.41, 5.74) is 7.94. The van der Waals surface area contributed by atoms with Gasteiger partial charge >= 0.3 is 0 Å². The molecule has 0 radical (unpaired) electrons. The van der Waals surface area contributed by atoms with E-state index in [2.05, 4.69) is 26.3 Å². The minimum Gasteiger partial charge on any atom is -0.495 e. The maximum atomic E-state index is 6.04. The molecular formula is C20H28IN5O. The number of methoxy groups -OCH3 is 1. The molecule has 0 amide bonds. The third-order valence-corrected chi connectivity index (χ3v) is 4.54. The van der Waals surface area contributed by atoms with Crippen molar-refractivity contribution in [1.29, 1.82) is 0 Å². The highest BCUT2D eigenvalue weighted by atomic mass is 127. The Bertz CT molecular complexity index is 745. The van der Waals surface area contributed by atoms with Crippen molar-refractivity contribution in [3.63, 3.8) is 0 Å². The topological polar surface area (TPSA) is 75.8 Å². The number of rotatable bonds is 5. The molecule has 3 rings (SSSR count). The zero-order chi connectivity index (χ0) is 18.2. The molecule has 27 heavy (non-hydrogen) atoms. The number of pyridine rings is 1. The molecule has 0 saturated carbocycles. The zero-order valence-corrected chi connectivity index (χ0v) is 18.1. The van der Waals surface area contributed by atoms with E-state index >= 15 is 0 Å². The molecule has 1 aliphatic heterocycles. The highest BCUT2D eigenvalue weighted by Gasteiger charge is 2.11. The summed E-state index contributed by atoms with van der Waals surface area (Å²) in [6.45, 7) is 2.67. The molecule has 3 N–H and O–H groups in total. The predicted molar refractivity (Wildman–Crippen MR) is 122 cm³/mol. The number of aromatic nitrogens is 1. The largest absolute Gasteiger partial charge is 0.495 e. The van der Waals surface area contributed by atoms with Crippen LogP contribution in [0.1, 0.15) is 31.2 Å². The quantitative estimate of drug-likeness (QED) is 0.384. The van der Waals surface area contributed by atoms with Crippen LogP contribution in [0.2, 0.25) is 0 Å². The molecule has 0 bridgehead atoms. The zero-order valence-electron chi connectivity index (χ0n) is 15.7. The maximum Gasteiger partial charge on any atom is 0.193 e. The van der Waals surface area contributed by atoms with E-state index in [1.165, 1.54) is 25.7 Å². The Balaban J connectivity index is 0.00000261. The van der Waals surface area contributed by atoms with Crippen molar-refractivity contribution in [2.45, 2.75) is 32.2 Å². The van der Waals surface area contributed by atoms with E-state index in [0.717, 1.165) is 35.9 Å². The molecule has 6 nitrogen and oxygen atoms in total. The monoisotopic (exact) mass is 481 g/mol. The molecule has 2 aromatic rings. The van der Waals surface area contributed by atoms with Crippen LogP contribution in [-0.2, 0) is 6.54 Å². The Kier molecular flexibility index (Phi) is 8.63. The first-order chi connectivity index (χ1) is 12.8. The maximum absolute atomic E-state index is 6.04. The number of nitrogens with one attached hydrogen (secondary N) is 1. The molecular weight excluding hydrogens is 453 g/mol. The smallest absolute Gasteiger partial charge is 0.193 e. The normalized spacial score (nSPS) is 14.9. The standard InChI is InChI=1S/C20H27N5O.HI/c1-26-18-9-5-4-8-17(18)24-20(21)23-15-16-10-11-22-19(14-16)25-12-6-2-3-7-13-25;/h4-5,8-11,14H,2-3,6-7,12-13,15H2,1H3,(H3,21,23,24);1H. The Hall–Kier alpha value is -2.03. The van der Waals surface area contributed by atoms with Gasteiger partial charge in [0.15, 0.2) is 5.96 Å². The van der Waals surface area contributed by atoms with Crippen molar-refractivity contribution in [3.05, 3.63) is 48.2 Å². The van der Waals surface area contributed by atoms with Gasteiger partial charge < -0.3 is 20.7 Å². The second-order valence-corrected chi connectivity index (χ2v) is 6.45. The number of hydrogen-bond donors (Lipinski definition) is 2. The van der Waals surface area contributed by atoms with Gasteiger partial charge in [0.25, 0.3) is 0 Å². The summed E-state index contributed by atoms with van der Waals surface area (Å²) in [5, 5.41) is 3.09. The van der Waals surface area contributed by atoms with Crippen molar-refractivity contribution < 1.29 is 4.74 Å². The lowest BCUT2D eigenvalue weighted by Gasteiger charge is -2.21. The second-order valence-electron chi connectivity index (χ2n) is 6.45. The fraction of sp³-hybridized carbons (Fsp3) is 0.400. The van der Waals surface area contributed by atoms with Gasteiger partial charge in [-0.1, -0.05) is 25.0 Å². The summed E-state index contributed by atoms with van der Waals surface area (Å²) in [5.74, 6) is 2.14. The number of nitrogens with two attached hydrogens (primary N) is 1. The van der Waals surface area contributed by atoms with Crippen LogP contribution < -0.4 is 20.7 Å². The summed E-state index contributed by atoms with van der Waals surface area (Å²) in [4.78, 5) is 11.4. The Labute approximate surface area is 178 Å². The summed E-state index contributed by atoms with van der Waals surface area (Å²) >= 11 is 0. The fourth-order valence-electron chi connectivity index (χ4n) is 3.13. The molecule has 0 unspecified atom stereocenters. The van der Waals surface area contributed by atoms with E-state index in [4.69, 9.17) is 10.5 Å². The molecule has 146 valence electrons. The number of nitrogens with zero attached hydrogens (tertiary/aromatic N) is 3. The van der Waals surface area contributed by atoms with Crippen molar-refractivity contribution in [2.75, 3.05) is 30.4 Å². The number of guanidine groups is 1. The van der Waals surface area contributed by atoms with E-state index < -0.39 is 0 Å². The molecule has 1 fully saturated rings. The molecule has 1 aliphatic rings. The summed E-state index contributed by atoms with van der Waals surface area (Å²) < 4.78 is 5.32. The van der Waals surface area contributed by atoms with Gasteiger partial charge in [-0.3, -0.25) is 0 Å². The van der Waals surface area contributed by atoms with Crippen molar-refractivity contribution >= 4 is 41.4 Å². The van der Waals surface area contributed by atoms with E-state index in [0.29, 0.717) is 12.5 Å². The van der Waals surface area contributed by atoms with Crippen LogP contribution in [0, 0.1) is 0 Å². The lowest BCUT2D eigenvalue weighted by Crippen LogP contribution is -2.25. The number of halogens is 1. The first kappa shape index (κ1) is 21.3. The number of aliphatic imine (C=N–C) groups is 1. The number of para-hydroxylation sites is 2. The predicted octanol–water partition coefficient (Wildman–Crippen LogP) is 4.02. The minimum absolute atomic E-state index is 0. The van der Waals surface area contributed by atoms with Gasteiger partial charge in [0.1, 0.15) is 11.6 Å². The van der Waals surface area contributed by atoms with E-state index in [-0.39, 0.29) is 24.0 Å². The van der Waals surface area contributed by atoms with Crippen molar-refractivity contribution in [3.8, 4) is 5.75 Å². The molecule has 7 heteroatoms. The van der Waals surface area contributed by atoms with Gasteiger partial charge in [-0.15, -0.1) is 24.0 Å². The first-order valence-corrected chi connectivity index (χ1v) is 9.16. The van der Waals surface area contributed by atoms with Gasteiger partial charge in [0, 0.05) is 19.3 Å². The number of hydrogen-bond acceptors (Lipinski definition) is 4. The minimum atomic E-state index is 0. The van der Waals surface area contributed by atoms with Crippen molar-refractivity contribution in [1.82, 2.24) is 4.98 Å². The highest BCUT2D eigenvalue weighted by Crippen LogP contribution is 2.23. The van der Waals surface area contributed by atoms with Crippen LogP contribution in [0.5, 0.6) is 5.75 Å². The molecule has 0 spiro atoms. The van der Waals surface area contributed by atoms with Crippen LogP contribution >= 0.6 is 24.0 Å². The second kappa shape index (κ2) is 11.0. The van der Waals surface area contributed by atoms with Gasteiger partial charge in [-0.05, 0) is 42.7 Å². The number of ether oxygens (including phenoxy) is 1. The fourth-order valence-corrected chi connectivity index (χ4v) is 3.13. The lowest BCUT2D eigenvalue weighted by molar-refractivity contribution is 0.417. The number of benzene rings is 1. The lowest BCUT2D eigenvalue weighted by atomic mass is 10.2. The number of anilines is 2. The van der Waals surface area contributed by atoms with Gasteiger partial charge in [0.2, 0.25) is 0 Å². The van der Waals surface area contributed by atoms with Crippen LogP contribution in [0.25, 0.3) is 0 Å². The molecule has 2 heterocycles. The molecule has 0 aliphatic carbocycles. The van der Waals surface area contributed by atoms with Gasteiger partial charge in [0.05, 0.1) is 19.3 Å². The first-order valence-electron chi connectivity index (χ1n) is 9.16. The molecule has 1 saturated heterocycles. The van der Waals surface area contributed by atoms with Gasteiger partial charge in [-0.25, -0.2) is 9.98 Å². The average molecular weight is 481 g/mol. The van der Waals surface area contributed by atoms with Crippen LogP contribution in [0.4, 0.5) is 11.5 Å². The van der Waals surface area contributed by atoms with E-state index in [1.54, 1.807) is 7.11 Å². The molecule has 1 aromatic heterocycles. The van der Waals surface area contributed by atoms with Crippen molar-refractivity contribution in [2.24, 2.45) is 10.7 Å². The van der Waals surface area contributed by atoms with Crippen LogP contribution in [0.15, 0.2) is 47.6 Å². The van der Waals surface area contributed by atoms with Crippen LogP contribution in [0.3, 0.4) is 0 Å². The third kappa shape index (κ3) is 6.27. The van der Waals surface area contributed by atoms with Crippen LogP contribution in [-0.4, -0.2) is 31.1 Å². The SMILES string of the molecule is COc1ccccc1NC(N)=NCc1ccnc(N2CCCCCC2)c1.I. The highest BCUT2D eigenvalue weighted by molar-refractivity contribution is 14.0. The Morgan fingerprint density at radius 1 is 1.19 bits per heavy atom. The van der Waals surface area contributed by atoms with Gasteiger partial charge in [-0.2, -0.15) is 0 Å². The third-order valence-electron chi connectivity index (χ3n) is 4.54. The average Bonchev–Trinajstić information content (AvgIpc) is 2.97. The molecule has 0 atom stereocenters. The summed E-state index contributed by atoms with van der Waals surface area (Å²) in [6, 6.07) is 11.7.